The van der Waals surface area contributed by atoms with E-state index in [0.29, 0.717) is 44.1 Å². The number of alkyl carbamates (subject to hydrolysis) is 1. The van der Waals surface area contributed by atoms with Crippen molar-refractivity contribution >= 4 is 24.1 Å². The molecule has 0 bridgehead atoms. The molecule has 0 aromatic rings. The molecule has 6 atom stereocenters. The summed E-state index contributed by atoms with van der Waals surface area (Å²) in [6.45, 7) is 2.57. The monoisotopic (exact) mass is 443 g/mol. The van der Waals surface area contributed by atoms with Crippen LogP contribution >= 0.6 is 0 Å². The molecule has 9 heteroatoms. The second kappa shape index (κ2) is 6.51. The van der Waals surface area contributed by atoms with Gasteiger partial charge in [-0.05, 0) is 55.2 Å². The number of aldehydes is 1. The molecule has 3 fully saturated rings. The number of epoxide rings is 2. The standard InChI is InChI=1S/C23H25NO8/c1-21-5-4-13-14(11-30-19(13)27)15(21)10-16-22(31-16)18(26)12(9-17-23(21,22)32-17)3-2-8-29-20(28)24-6-7-25/h7,9,15-17H,2-6,8,10-11H2,1H3,(H,24,28). The quantitative estimate of drug-likeness (QED) is 0.281. The molecule has 6 unspecified atom stereocenters. The maximum Gasteiger partial charge on any atom is 0.407 e. The number of carbonyl (C=O) groups is 4. The number of hydrogen-bond acceptors (Lipinski definition) is 8. The van der Waals surface area contributed by atoms with Gasteiger partial charge in [-0.15, -0.1) is 0 Å². The van der Waals surface area contributed by atoms with Crippen molar-refractivity contribution < 1.29 is 38.1 Å². The molecular weight excluding hydrogens is 418 g/mol. The molecule has 2 saturated heterocycles. The van der Waals surface area contributed by atoms with Crippen molar-refractivity contribution in [1.29, 1.82) is 0 Å². The molecule has 0 radical (unpaired) electrons. The maximum atomic E-state index is 13.6. The van der Waals surface area contributed by atoms with E-state index in [2.05, 4.69) is 12.2 Å². The lowest BCUT2D eigenvalue weighted by Gasteiger charge is -2.51. The fourth-order valence-electron chi connectivity index (χ4n) is 6.92. The summed E-state index contributed by atoms with van der Waals surface area (Å²) < 4.78 is 22.9. The van der Waals surface area contributed by atoms with E-state index in [0.717, 1.165) is 17.6 Å². The molecule has 170 valence electrons. The number of nitrogens with one attached hydrogen (secondary N) is 1. The lowest BCUT2D eigenvalue weighted by molar-refractivity contribution is -0.136. The Balaban J connectivity index is 1.20. The molecule has 6 rings (SSSR count). The Hall–Kier alpha value is -2.52. The molecule has 9 nitrogen and oxygen atoms in total. The third kappa shape index (κ3) is 2.30. The largest absolute Gasteiger partial charge is 0.458 e. The molecule has 1 amide bonds. The fraction of sp³-hybridized carbons (Fsp3) is 0.652. The van der Waals surface area contributed by atoms with E-state index in [9.17, 15) is 19.2 Å². The Morgan fingerprint density at radius 3 is 3.00 bits per heavy atom. The van der Waals surface area contributed by atoms with Gasteiger partial charge >= 0.3 is 12.1 Å². The Bertz CT molecular complexity index is 1020. The van der Waals surface area contributed by atoms with Crippen molar-refractivity contribution in [1.82, 2.24) is 5.32 Å². The van der Waals surface area contributed by atoms with E-state index in [-0.39, 0.29) is 48.4 Å². The highest BCUT2D eigenvalue weighted by molar-refractivity contribution is 6.08. The van der Waals surface area contributed by atoms with Crippen LogP contribution in [0.5, 0.6) is 0 Å². The van der Waals surface area contributed by atoms with Gasteiger partial charge < -0.3 is 29.1 Å². The van der Waals surface area contributed by atoms with E-state index < -0.39 is 17.3 Å². The van der Waals surface area contributed by atoms with E-state index in [4.69, 9.17) is 18.9 Å². The first-order valence-electron chi connectivity index (χ1n) is 11.2. The predicted octanol–water partition coefficient (Wildman–Crippen LogP) is 1.15. The summed E-state index contributed by atoms with van der Waals surface area (Å²) in [6.07, 6.45) is 4.51. The second-order valence-corrected chi connectivity index (χ2v) is 9.71. The number of hydrogen-bond donors (Lipinski definition) is 1. The van der Waals surface area contributed by atoms with Crippen LogP contribution in [0, 0.1) is 11.3 Å². The first kappa shape index (κ1) is 20.1. The summed E-state index contributed by atoms with van der Waals surface area (Å²) >= 11 is 0. The number of ketones is 1. The zero-order valence-electron chi connectivity index (χ0n) is 17.8. The molecule has 2 spiro atoms. The van der Waals surface area contributed by atoms with Crippen LogP contribution < -0.4 is 5.32 Å². The molecule has 0 aromatic carbocycles. The summed E-state index contributed by atoms with van der Waals surface area (Å²) in [6, 6.07) is 0. The number of fused-ring (bicyclic) bond motifs is 2. The zero-order valence-corrected chi connectivity index (χ0v) is 17.8. The average molecular weight is 443 g/mol. The lowest BCUT2D eigenvalue weighted by Crippen LogP contribution is -2.63. The maximum absolute atomic E-state index is 13.6. The van der Waals surface area contributed by atoms with Gasteiger partial charge in [-0.3, -0.25) is 4.79 Å². The normalized spacial score (nSPS) is 42.4. The summed E-state index contributed by atoms with van der Waals surface area (Å²) in [5.41, 5.74) is 0.642. The van der Waals surface area contributed by atoms with Gasteiger partial charge in [0.1, 0.15) is 24.6 Å². The average Bonchev–Trinajstić information content (AvgIpc) is 3.65. The van der Waals surface area contributed by atoms with Gasteiger partial charge in [0.2, 0.25) is 0 Å². The zero-order chi connectivity index (χ0) is 22.3. The summed E-state index contributed by atoms with van der Waals surface area (Å²) in [7, 11) is 0. The van der Waals surface area contributed by atoms with Gasteiger partial charge in [0.05, 0.1) is 19.3 Å². The van der Waals surface area contributed by atoms with Crippen LogP contribution in [0.2, 0.25) is 0 Å². The molecule has 32 heavy (non-hydrogen) atoms. The number of amides is 1. The minimum atomic E-state index is -0.934. The highest BCUT2D eigenvalue weighted by Crippen LogP contribution is 2.77. The number of cyclic esters (lactones) is 1. The van der Waals surface area contributed by atoms with E-state index >= 15 is 0 Å². The summed E-state index contributed by atoms with van der Waals surface area (Å²) in [5.74, 6) is -0.102. The SMILES string of the molecule is CC12CCC3=C(COC3=O)C1CC1OC13C(=O)C(CCCOC(=O)NCC=O)=CC1OC123. The van der Waals surface area contributed by atoms with Crippen LogP contribution in [0.15, 0.2) is 22.8 Å². The van der Waals surface area contributed by atoms with Gasteiger partial charge in [0, 0.05) is 11.0 Å². The first-order valence-corrected chi connectivity index (χ1v) is 11.2. The predicted molar refractivity (Wildman–Crippen MR) is 106 cm³/mol. The van der Waals surface area contributed by atoms with Gasteiger partial charge in [0.25, 0.3) is 0 Å². The van der Waals surface area contributed by atoms with Crippen molar-refractivity contribution in [2.45, 2.75) is 62.4 Å². The van der Waals surface area contributed by atoms with Crippen molar-refractivity contribution in [3.63, 3.8) is 0 Å². The Kier molecular flexibility index (Phi) is 4.09. The van der Waals surface area contributed by atoms with E-state index in [1.54, 1.807) is 0 Å². The Labute approximate surface area is 184 Å². The van der Waals surface area contributed by atoms with Crippen LogP contribution in [0.25, 0.3) is 0 Å². The number of Topliss-reactive ketones (excluding diaryl/α,β-unsaturated/α-hetero) is 1. The highest BCUT2D eigenvalue weighted by atomic mass is 16.7. The van der Waals surface area contributed by atoms with Crippen LogP contribution in [0.4, 0.5) is 4.79 Å². The van der Waals surface area contributed by atoms with E-state index in [1.165, 1.54) is 0 Å². The van der Waals surface area contributed by atoms with Gasteiger partial charge in [-0.25, -0.2) is 9.59 Å². The number of ether oxygens (including phenoxy) is 4. The lowest BCUT2D eigenvalue weighted by atomic mass is 9.48. The molecule has 3 aliphatic heterocycles. The van der Waals surface area contributed by atoms with Gasteiger partial charge in [-0.1, -0.05) is 6.92 Å². The van der Waals surface area contributed by atoms with Gasteiger partial charge in [-0.2, -0.15) is 0 Å². The first-order chi connectivity index (χ1) is 15.4. The highest BCUT2D eigenvalue weighted by Gasteiger charge is 2.92. The van der Waals surface area contributed by atoms with Crippen molar-refractivity contribution in [2.24, 2.45) is 11.3 Å². The molecule has 6 aliphatic rings. The van der Waals surface area contributed by atoms with Crippen LogP contribution in [0.3, 0.4) is 0 Å². The van der Waals surface area contributed by atoms with Crippen molar-refractivity contribution in [3.05, 3.63) is 22.8 Å². The molecule has 1 saturated carbocycles. The van der Waals surface area contributed by atoms with Crippen LogP contribution in [-0.2, 0) is 33.3 Å². The Morgan fingerprint density at radius 2 is 2.19 bits per heavy atom. The minimum absolute atomic E-state index is 0.0140. The fourth-order valence-corrected chi connectivity index (χ4v) is 6.92. The van der Waals surface area contributed by atoms with Crippen LogP contribution in [0.1, 0.15) is 39.0 Å². The molecule has 3 heterocycles. The van der Waals surface area contributed by atoms with E-state index in [1.807, 2.05) is 6.08 Å². The minimum Gasteiger partial charge on any atom is -0.458 e. The number of esters is 1. The second-order valence-electron chi connectivity index (χ2n) is 9.71. The smallest absolute Gasteiger partial charge is 0.407 e. The van der Waals surface area contributed by atoms with Crippen molar-refractivity contribution in [3.8, 4) is 0 Å². The topological polar surface area (TPSA) is 124 Å². The Morgan fingerprint density at radius 1 is 1.34 bits per heavy atom. The summed E-state index contributed by atoms with van der Waals surface area (Å²) in [4.78, 5) is 47.4. The van der Waals surface area contributed by atoms with Crippen molar-refractivity contribution in [2.75, 3.05) is 19.8 Å². The molecular formula is C23H25NO8. The van der Waals surface area contributed by atoms with Gasteiger partial charge in [0.15, 0.2) is 11.4 Å². The molecule has 3 aliphatic carbocycles. The molecule has 1 N–H and O–H groups in total. The number of rotatable bonds is 6. The van der Waals surface area contributed by atoms with Crippen LogP contribution in [-0.4, -0.2) is 67.3 Å². The third-order valence-corrected chi connectivity index (χ3v) is 8.44. The third-order valence-electron chi connectivity index (χ3n) is 8.44. The number of carbonyl (C=O) groups excluding carboxylic acids is 4. The summed E-state index contributed by atoms with van der Waals surface area (Å²) in [5, 5.41) is 2.31. The molecule has 0 aromatic heterocycles.